The number of esters is 1. The van der Waals surface area contributed by atoms with Crippen LogP contribution in [0.2, 0.25) is 0 Å². The number of amides is 1. The number of methoxy groups -OCH3 is 1. The average Bonchev–Trinajstić information content (AvgIpc) is 2.47. The van der Waals surface area contributed by atoms with Crippen molar-refractivity contribution in [2.24, 2.45) is 0 Å². The number of ether oxygens (including phenoxy) is 1. The second-order valence-electron chi connectivity index (χ2n) is 4.40. The highest BCUT2D eigenvalue weighted by Crippen LogP contribution is 2.46. The summed E-state index contributed by atoms with van der Waals surface area (Å²) in [6.45, 7) is 1.49. The fourth-order valence-electron chi connectivity index (χ4n) is 1.97. The second-order valence-corrected chi connectivity index (χ2v) is 7.13. The molecule has 108 valence electrons. The lowest BCUT2D eigenvalue weighted by Crippen LogP contribution is -2.12. The van der Waals surface area contributed by atoms with E-state index >= 15 is 0 Å². The van der Waals surface area contributed by atoms with Gasteiger partial charge in [-0.3, -0.25) is 4.79 Å². The average molecular weight is 311 g/mol. The summed E-state index contributed by atoms with van der Waals surface area (Å²) in [7, 11) is 1.37. The van der Waals surface area contributed by atoms with Crippen LogP contribution < -0.4 is 5.32 Å². The summed E-state index contributed by atoms with van der Waals surface area (Å²) in [4.78, 5) is 23.0. The normalized spacial score (nSPS) is 15.7. The first-order valence-electron chi connectivity index (χ1n) is 6.35. The minimum absolute atomic E-state index is 0.108. The van der Waals surface area contributed by atoms with E-state index in [0.29, 0.717) is 5.56 Å². The van der Waals surface area contributed by atoms with Crippen molar-refractivity contribution >= 4 is 41.1 Å². The molecule has 1 aliphatic rings. The van der Waals surface area contributed by atoms with Gasteiger partial charge in [0.25, 0.3) is 0 Å². The van der Waals surface area contributed by atoms with E-state index in [9.17, 15) is 9.59 Å². The highest BCUT2D eigenvalue weighted by molar-refractivity contribution is 8.16. The Morgan fingerprint density at radius 3 is 2.60 bits per heavy atom. The summed E-state index contributed by atoms with van der Waals surface area (Å²) in [5.41, 5.74) is 2.28. The van der Waals surface area contributed by atoms with E-state index < -0.39 is 0 Å². The van der Waals surface area contributed by atoms with Crippen LogP contribution in [0.25, 0.3) is 0 Å². The summed E-state index contributed by atoms with van der Waals surface area (Å²) >= 11 is 3.69. The van der Waals surface area contributed by atoms with Crippen molar-refractivity contribution in [3.63, 3.8) is 0 Å². The van der Waals surface area contributed by atoms with Crippen molar-refractivity contribution in [3.8, 4) is 0 Å². The maximum absolute atomic E-state index is 11.7. The number of hydrogen-bond donors (Lipinski definition) is 1. The Morgan fingerprint density at radius 1 is 1.30 bits per heavy atom. The molecule has 0 unspecified atom stereocenters. The first-order valence-corrected chi connectivity index (χ1v) is 8.44. The molecule has 0 radical (unpaired) electrons. The van der Waals surface area contributed by atoms with Gasteiger partial charge in [0.1, 0.15) is 0 Å². The first kappa shape index (κ1) is 15.3. The fourth-order valence-corrected chi connectivity index (χ4v) is 4.92. The molecule has 1 aromatic carbocycles. The predicted molar refractivity (Wildman–Crippen MR) is 84.4 cm³/mol. The molecule has 0 spiro atoms. The molecule has 4 nitrogen and oxygen atoms in total. The molecule has 1 amide bonds. The number of rotatable bonds is 3. The summed E-state index contributed by atoms with van der Waals surface area (Å²) in [6.07, 6.45) is 1.19. The van der Waals surface area contributed by atoms with Gasteiger partial charge in [0, 0.05) is 12.6 Å². The summed E-state index contributed by atoms with van der Waals surface area (Å²) in [5.74, 6) is 1.73. The number of hydrogen-bond acceptors (Lipinski definition) is 5. The highest BCUT2D eigenvalue weighted by atomic mass is 32.2. The molecule has 0 atom stereocenters. The maximum atomic E-state index is 11.7. The zero-order valence-corrected chi connectivity index (χ0v) is 13.1. The minimum atomic E-state index is -0.355. The Morgan fingerprint density at radius 2 is 2.00 bits per heavy atom. The minimum Gasteiger partial charge on any atom is -0.465 e. The first-order chi connectivity index (χ1) is 9.61. The summed E-state index contributed by atoms with van der Waals surface area (Å²) in [5, 5.41) is 2.84. The Kier molecular flexibility index (Phi) is 5.37. The maximum Gasteiger partial charge on any atom is 0.337 e. The summed E-state index contributed by atoms with van der Waals surface area (Å²) in [6, 6.07) is 5.28. The number of thioether (sulfide) groups is 2. The van der Waals surface area contributed by atoms with Crippen molar-refractivity contribution in [3.05, 3.63) is 29.3 Å². The molecule has 6 heteroatoms. The lowest BCUT2D eigenvalue weighted by molar-refractivity contribution is -0.114. The number of anilines is 1. The standard InChI is InChI=1S/C14H17NO3S2/c1-9(16)15-12-5-4-10(13(17)18-2)8-11(12)14-19-6-3-7-20-14/h4-5,8,14H,3,6-7H2,1-2H3,(H,15,16). The molecule has 1 aromatic rings. The molecule has 0 aromatic heterocycles. The highest BCUT2D eigenvalue weighted by Gasteiger charge is 2.21. The van der Waals surface area contributed by atoms with Crippen LogP contribution in [0.5, 0.6) is 0 Å². The molecule has 1 N–H and O–H groups in total. The van der Waals surface area contributed by atoms with Gasteiger partial charge in [0.05, 0.1) is 17.3 Å². The van der Waals surface area contributed by atoms with Crippen molar-refractivity contribution in [1.29, 1.82) is 0 Å². The monoisotopic (exact) mass is 311 g/mol. The van der Waals surface area contributed by atoms with Gasteiger partial charge in [0.2, 0.25) is 5.91 Å². The van der Waals surface area contributed by atoms with Gasteiger partial charge in [-0.15, -0.1) is 23.5 Å². The Bertz CT molecular complexity index is 513. The van der Waals surface area contributed by atoms with Crippen LogP contribution >= 0.6 is 23.5 Å². The molecule has 20 heavy (non-hydrogen) atoms. The smallest absolute Gasteiger partial charge is 0.337 e. The van der Waals surface area contributed by atoms with Crippen LogP contribution in [0.3, 0.4) is 0 Å². The predicted octanol–water partition coefficient (Wildman–Crippen LogP) is 3.30. The van der Waals surface area contributed by atoms with Crippen molar-refractivity contribution < 1.29 is 14.3 Å². The second kappa shape index (κ2) is 7.04. The van der Waals surface area contributed by atoms with E-state index in [0.717, 1.165) is 22.8 Å². The molecular formula is C14H17NO3S2. The van der Waals surface area contributed by atoms with Crippen molar-refractivity contribution in [2.75, 3.05) is 23.9 Å². The number of benzene rings is 1. The Hall–Kier alpha value is -1.14. The van der Waals surface area contributed by atoms with E-state index in [1.807, 2.05) is 29.6 Å². The molecule has 1 heterocycles. The van der Waals surface area contributed by atoms with Crippen LogP contribution in [0.15, 0.2) is 18.2 Å². The van der Waals surface area contributed by atoms with E-state index in [1.54, 1.807) is 12.1 Å². The van der Waals surface area contributed by atoms with E-state index in [-0.39, 0.29) is 16.5 Å². The Labute approximate surface area is 127 Å². The topological polar surface area (TPSA) is 55.4 Å². The van der Waals surface area contributed by atoms with Gasteiger partial charge in [-0.2, -0.15) is 0 Å². The van der Waals surface area contributed by atoms with E-state index in [4.69, 9.17) is 4.74 Å². The molecule has 1 fully saturated rings. The van der Waals surface area contributed by atoms with Gasteiger partial charge in [0.15, 0.2) is 0 Å². The third-order valence-corrected chi connectivity index (χ3v) is 5.84. The van der Waals surface area contributed by atoms with Gasteiger partial charge in [-0.05, 0) is 41.7 Å². The van der Waals surface area contributed by atoms with Gasteiger partial charge in [-0.1, -0.05) is 0 Å². The van der Waals surface area contributed by atoms with Crippen molar-refractivity contribution in [2.45, 2.75) is 17.9 Å². The molecule has 0 saturated carbocycles. The quantitative estimate of drug-likeness (QED) is 0.868. The van der Waals surface area contributed by atoms with E-state index in [2.05, 4.69) is 5.32 Å². The van der Waals surface area contributed by atoms with Crippen LogP contribution in [0.4, 0.5) is 5.69 Å². The Balaban J connectivity index is 2.35. The zero-order valence-electron chi connectivity index (χ0n) is 11.5. The number of carbonyl (C=O) groups excluding carboxylic acids is 2. The molecule has 1 saturated heterocycles. The molecule has 0 aliphatic carbocycles. The van der Waals surface area contributed by atoms with E-state index in [1.165, 1.54) is 20.5 Å². The van der Waals surface area contributed by atoms with Crippen LogP contribution in [0.1, 0.15) is 33.8 Å². The SMILES string of the molecule is COC(=O)c1ccc(NC(C)=O)c(C2SCCCS2)c1. The molecule has 1 aliphatic heterocycles. The van der Waals surface area contributed by atoms with Crippen LogP contribution in [-0.2, 0) is 9.53 Å². The molecular weight excluding hydrogens is 294 g/mol. The van der Waals surface area contributed by atoms with Crippen molar-refractivity contribution in [1.82, 2.24) is 0 Å². The largest absolute Gasteiger partial charge is 0.465 e. The molecule has 0 bridgehead atoms. The third-order valence-electron chi connectivity index (χ3n) is 2.86. The lowest BCUT2D eigenvalue weighted by Gasteiger charge is -2.24. The number of nitrogens with one attached hydrogen (secondary N) is 1. The van der Waals surface area contributed by atoms with Crippen LogP contribution in [0, 0.1) is 0 Å². The zero-order chi connectivity index (χ0) is 14.5. The lowest BCUT2D eigenvalue weighted by atomic mass is 10.1. The fraction of sp³-hybridized carbons (Fsp3) is 0.429. The van der Waals surface area contributed by atoms with Gasteiger partial charge in [-0.25, -0.2) is 4.79 Å². The van der Waals surface area contributed by atoms with Gasteiger partial charge < -0.3 is 10.1 Å². The third kappa shape index (κ3) is 3.70. The number of carbonyl (C=O) groups is 2. The molecule has 2 rings (SSSR count). The van der Waals surface area contributed by atoms with Crippen LogP contribution in [-0.4, -0.2) is 30.5 Å². The van der Waals surface area contributed by atoms with Gasteiger partial charge >= 0.3 is 5.97 Å². The summed E-state index contributed by atoms with van der Waals surface area (Å²) < 4.78 is 5.01.